The Morgan fingerprint density at radius 2 is 1.82 bits per heavy atom. The van der Waals surface area contributed by atoms with Crippen LogP contribution in [0, 0.1) is 6.92 Å². The summed E-state index contributed by atoms with van der Waals surface area (Å²) in [6, 6.07) is 12.5. The number of benzene rings is 2. The average molecular weight is 419 g/mol. The van der Waals surface area contributed by atoms with Crippen LogP contribution in [0.25, 0.3) is 11.3 Å². The molecule has 1 amide bonds. The third kappa shape index (κ3) is 4.16. The summed E-state index contributed by atoms with van der Waals surface area (Å²) in [4.78, 5) is 13.0. The van der Waals surface area contributed by atoms with E-state index in [1.165, 1.54) is 0 Å². The van der Waals surface area contributed by atoms with Gasteiger partial charge in [-0.1, -0.05) is 46.6 Å². The van der Waals surface area contributed by atoms with Gasteiger partial charge in [0.1, 0.15) is 22.8 Å². The van der Waals surface area contributed by atoms with E-state index in [9.17, 15) is 4.79 Å². The van der Waals surface area contributed by atoms with Crippen molar-refractivity contribution in [3.05, 3.63) is 69.4 Å². The highest BCUT2D eigenvalue weighted by Crippen LogP contribution is 2.36. The standard InChI is InChI=1S/C21H20Cl2N2O3/c1-4-27-15-10-8-14(9-11-15)12(2)24-21(26)18-13(3)28-25-20(18)19-16(22)6-5-7-17(19)23/h5-12H,4H2,1-3H3,(H,24,26). The number of nitrogens with one attached hydrogen (secondary N) is 1. The quantitative estimate of drug-likeness (QED) is 0.545. The van der Waals surface area contributed by atoms with Crippen molar-refractivity contribution >= 4 is 29.1 Å². The second-order valence-electron chi connectivity index (χ2n) is 6.26. The lowest BCUT2D eigenvalue weighted by atomic mass is 10.0. The molecular weight excluding hydrogens is 399 g/mol. The van der Waals surface area contributed by atoms with Crippen molar-refractivity contribution in [1.29, 1.82) is 0 Å². The fraction of sp³-hybridized carbons (Fsp3) is 0.238. The van der Waals surface area contributed by atoms with Gasteiger partial charge in [0, 0.05) is 5.56 Å². The molecule has 28 heavy (non-hydrogen) atoms. The van der Waals surface area contributed by atoms with Gasteiger partial charge < -0.3 is 14.6 Å². The van der Waals surface area contributed by atoms with Crippen molar-refractivity contribution in [1.82, 2.24) is 10.5 Å². The largest absolute Gasteiger partial charge is 0.494 e. The molecule has 0 aliphatic rings. The third-order valence-corrected chi connectivity index (χ3v) is 4.96. The highest BCUT2D eigenvalue weighted by molar-refractivity contribution is 6.39. The van der Waals surface area contributed by atoms with Crippen LogP contribution in [-0.4, -0.2) is 17.7 Å². The maximum atomic E-state index is 13.0. The van der Waals surface area contributed by atoms with E-state index in [1.54, 1.807) is 25.1 Å². The number of ether oxygens (including phenoxy) is 1. The predicted molar refractivity (Wildman–Crippen MR) is 110 cm³/mol. The van der Waals surface area contributed by atoms with Gasteiger partial charge in [0.2, 0.25) is 0 Å². The molecule has 2 aromatic carbocycles. The molecule has 3 aromatic rings. The first-order chi connectivity index (χ1) is 13.4. The van der Waals surface area contributed by atoms with E-state index in [4.69, 9.17) is 32.5 Å². The van der Waals surface area contributed by atoms with Crippen molar-refractivity contribution in [3.8, 4) is 17.0 Å². The van der Waals surface area contributed by atoms with E-state index in [0.29, 0.717) is 39.2 Å². The van der Waals surface area contributed by atoms with E-state index in [-0.39, 0.29) is 11.9 Å². The van der Waals surface area contributed by atoms with Crippen molar-refractivity contribution in [2.24, 2.45) is 0 Å². The maximum absolute atomic E-state index is 13.0. The molecule has 0 aliphatic carbocycles. The minimum atomic E-state index is -0.314. The zero-order valence-corrected chi connectivity index (χ0v) is 17.3. The fourth-order valence-electron chi connectivity index (χ4n) is 2.91. The second kappa shape index (κ2) is 8.67. The first kappa shape index (κ1) is 20.2. The van der Waals surface area contributed by atoms with Gasteiger partial charge in [-0.05, 0) is 50.6 Å². The number of amides is 1. The third-order valence-electron chi connectivity index (χ3n) is 4.33. The van der Waals surface area contributed by atoms with Gasteiger partial charge in [0.25, 0.3) is 5.91 Å². The van der Waals surface area contributed by atoms with E-state index >= 15 is 0 Å². The molecule has 0 bridgehead atoms. The number of hydrogen-bond donors (Lipinski definition) is 1. The number of aryl methyl sites for hydroxylation is 1. The number of carbonyl (C=O) groups is 1. The van der Waals surface area contributed by atoms with Crippen LogP contribution in [0.15, 0.2) is 47.0 Å². The van der Waals surface area contributed by atoms with Crippen molar-refractivity contribution in [2.75, 3.05) is 6.61 Å². The highest BCUT2D eigenvalue weighted by atomic mass is 35.5. The van der Waals surface area contributed by atoms with Gasteiger partial charge >= 0.3 is 0 Å². The van der Waals surface area contributed by atoms with E-state index in [0.717, 1.165) is 11.3 Å². The summed E-state index contributed by atoms with van der Waals surface area (Å²) in [5, 5.41) is 7.79. The van der Waals surface area contributed by atoms with Crippen LogP contribution in [-0.2, 0) is 0 Å². The van der Waals surface area contributed by atoms with E-state index in [2.05, 4.69) is 10.5 Å². The molecule has 0 saturated heterocycles. The SMILES string of the molecule is CCOc1ccc(C(C)NC(=O)c2c(-c3c(Cl)cccc3Cl)noc2C)cc1. The van der Waals surface area contributed by atoms with Gasteiger partial charge in [-0.25, -0.2) is 0 Å². The molecule has 0 aliphatic heterocycles. The van der Waals surface area contributed by atoms with Crippen LogP contribution in [0.5, 0.6) is 5.75 Å². The highest BCUT2D eigenvalue weighted by Gasteiger charge is 2.25. The number of rotatable bonds is 6. The van der Waals surface area contributed by atoms with Crippen LogP contribution >= 0.6 is 23.2 Å². The van der Waals surface area contributed by atoms with Gasteiger partial charge in [-0.15, -0.1) is 0 Å². The Morgan fingerprint density at radius 3 is 2.43 bits per heavy atom. The van der Waals surface area contributed by atoms with Crippen molar-refractivity contribution < 1.29 is 14.1 Å². The normalized spacial score (nSPS) is 11.9. The van der Waals surface area contributed by atoms with Crippen molar-refractivity contribution in [3.63, 3.8) is 0 Å². The Bertz CT molecular complexity index is 964. The molecule has 1 aromatic heterocycles. The summed E-state index contributed by atoms with van der Waals surface area (Å²) in [6.07, 6.45) is 0. The number of nitrogens with zero attached hydrogens (tertiary/aromatic N) is 1. The Hall–Kier alpha value is -2.50. The first-order valence-electron chi connectivity index (χ1n) is 8.86. The lowest BCUT2D eigenvalue weighted by molar-refractivity contribution is 0.0939. The van der Waals surface area contributed by atoms with Gasteiger partial charge in [0.15, 0.2) is 0 Å². The molecule has 0 spiro atoms. The lowest BCUT2D eigenvalue weighted by Crippen LogP contribution is -2.27. The van der Waals surface area contributed by atoms with Crippen LogP contribution in [0.2, 0.25) is 10.0 Å². The molecule has 146 valence electrons. The van der Waals surface area contributed by atoms with Crippen LogP contribution in [0.3, 0.4) is 0 Å². The molecule has 1 unspecified atom stereocenters. The molecule has 7 heteroatoms. The number of carbonyl (C=O) groups excluding carboxylic acids is 1. The number of aromatic nitrogens is 1. The second-order valence-corrected chi connectivity index (χ2v) is 7.07. The Morgan fingerprint density at radius 1 is 1.18 bits per heavy atom. The predicted octanol–water partition coefficient (Wildman–Crippen LogP) is 5.85. The Labute approximate surface area is 173 Å². The van der Waals surface area contributed by atoms with Gasteiger partial charge in [0.05, 0.1) is 22.7 Å². The molecule has 0 saturated carbocycles. The summed E-state index contributed by atoms with van der Waals surface area (Å²) in [5.74, 6) is 0.865. The van der Waals surface area contributed by atoms with Crippen molar-refractivity contribution in [2.45, 2.75) is 26.8 Å². The molecule has 1 N–H and O–H groups in total. The average Bonchev–Trinajstić information content (AvgIpc) is 3.03. The lowest BCUT2D eigenvalue weighted by Gasteiger charge is -2.15. The Kier molecular flexibility index (Phi) is 6.27. The molecule has 5 nitrogen and oxygen atoms in total. The van der Waals surface area contributed by atoms with Crippen LogP contribution in [0.1, 0.15) is 41.6 Å². The first-order valence-corrected chi connectivity index (χ1v) is 9.62. The zero-order valence-electron chi connectivity index (χ0n) is 15.8. The monoisotopic (exact) mass is 418 g/mol. The molecule has 3 rings (SSSR count). The fourth-order valence-corrected chi connectivity index (χ4v) is 3.48. The summed E-state index contributed by atoms with van der Waals surface area (Å²) in [6.45, 7) is 6.11. The summed E-state index contributed by atoms with van der Waals surface area (Å²) < 4.78 is 10.7. The Balaban J connectivity index is 1.86. The minimum Gasteiger partial charge on any atom is -0.494 e. The summed E-state index contributed by atoms with van der Waals surface area (Å²) in [5.41, 5.74) is 2.06. The number of hydrogen-bond acceptors (Lipinski definition) is 4. The van der Waals surface area contributed by atoms with Crippen LogP contribution < -0.4 is 10.1 Å². The maximum Gasteiger partial charge on any atom is 0.257 e. The minimum absolute atomic E-state index is 0.230. The molecule has 1 atom stereocenters. The molecule has 1 heterocycles. The van der Waals surface area contributed by atoms with E-state index < -0.39 is 0 Å². The van der Waals surface area contributed by atoms with Gasteiger partial charge in [-0.3, -0.25) is 4.79 Å². The summed E-state index contributed by atoms with van der Waals surface area (Å²) >= 11 is 12.6. The summed E-state index contributed by atoms with van der Waals surface area (Å²) in [7, 11) is 0. The van der Waals surface area contributed by atoms with E-state index in [1.807, 2.05) is 38.1 Å². The topological polar surface area (TPSA) is 64.4 Å². The number of halogens is 2. The smallest absolute Gasteiger partial charge is 0.257 e. The molecule has 0 fully saturated rings. The van der Waals surface area contributed by atoms with Gasteiger partial charge in [-0.2, -0.15) is 0 Å². The molecule has 0 radical (unpaired) electrons. The van der Waals surface area contributed by atoms with Crippen LogP contribution in [0.4, 0.5) is 0 Å². The molecular formula is C21H20Cl2N2O3. The zero-order chi connectivity index (χ0) is 20.3.